The lowest BCUT2D eigenvalue weighted by Crippen LogP contribution is -2.14. The van der Waals surface area contributed by atoms with Crippen molar-refractivity contribution >= 4 is 28.4 Å². The monoisotopic (exact) mass is 389 g/mol. The van der Waals surface area contributed by atoms with E-state index in [1.165, 1.54) is 12.6 Å². The van der Waals surface area contributed by atoms with Gasteiger partial charge in [0.2, 0.25) is 5.89 Å². The lowest BCUT2D eigenvalue weighted by molar-refractivity contribution is 0.102. The van der Waals surface area contributed by atoms with Gasteiger partial charge >= 0.3 is 0 Å². The summed E-state index contributed by atoms with van der Waals surface area (Å²) in [7, 11) is 0. The molecular formula is C20H19N7O2. The van der Waals surface area contributed by atoms with E-state index < -0.39 is 0 Å². The van der Waals surface area contributed by atoms with Crippen molar-refractivity contribution in [3.63, 3.8) is 0 Å². The van der Waals surface area contributed by atoms with Crippen LogP contribution in [0.4, 0.5) is 11.5 Å². The Balaban J connectivity index is 1.46. The summed E-state index contributed by atoms with van der Waals surface area (Å²) in [6.07, 6.45) is 8.84. The molecule has 0 radical (unpaired) electrons. The SMILES string of the molecule is Nc1ncnc2c1c(C(=O)Nc1ccc(-c3ncco3)cc1)nn2C1CCCC1. The fourth-order valence-corrected chi connectivity index (χ4v) is 3.81. The second kappa shape index (κ2) is 7.01. The average molecular weight is 389 g/mol. The molecule has 5 rings (SSSR count). The van der Waals surface area contributed by atoms with Gasteiger partial charge in [0, 0.05) is 11.3 Å². The number of benzene rings is 1. The maximum absolute atomic E-state index is 13.0. The number of nitrogens with one attached hydrogen (secondary N) is 1. The van der Waals surface area contributed by atoms with E-state index in [0.717, 1.165) is 31.2 Å². The summed E-state index contributed by atoms with van der Waals surface area (Å²) in [5, 5.41) is 7.95. The molecule has 1 saturated carbocycles. The van der Waals surface area contributed by atoms with Crippen LogP contribution in [0.1, 0.15) is 42.2 Å². The van der Waals surface area contributed by atoms with Crippen molar-refractivity contribution in [1.29, 1.82) is 0 Å². The molecule has 4 aromatic rings. The van der Waals surface area contributed by atoms with E-state index in [-0.39, 0.29) is 23.5 Å². The largest absolute Gasteiger partial charge is 0.445 e. The van der Waals surface area contributed by atoms with Gasteiger partial charge in [-0.05, 0) is 37.1 Å². The lowest BCUT2D eigenvalue weighted by Gasteiger charge is -2.10. The molecule has 146 valence electrons. The number of nitrogen functional groups attached to an aromatic ring is 1. The molecule has 1 amide bonds. The summed E-state index contributed by atoms with van der Waals surface area (Å²) in [5.41, 5.74) is 8.37. The van der Waals surface area contributed by atoms with E-state index in [9.17, 15) is 4.79 Å². The van der Waals surface area contributed by atoms with Crippen molar-refractivity contribution in [3.05, 3.63) is 48.7 Å². The number of hydrogen-bond donors (Lipinski definition) is 2. The summed E-state index contributed by atoms with van der Waals surface area (Å²) >= 11 is 0. The molecule has 0 bridgehead atoms. The minimum Gasteiger partial charge on any atom is -0.445 e. The number of carbonyl (C=O) groups excluding carboxylic acids is 1. The molecule has 3 N–H and O–H groups in total. The number of rotatable bonds is 4. The molecule has 0 unspecified atom stereocenters. The number of aromatic nitrogens is 5. The smallest absolute Gasteiger partial charge is 0.277 e. The van der Waals surface area contributed by atoms with Crippen LogP contribution in [0.25, 0.3) is 22.5 Å². The first-order chi connectivity index (χ1) is 14.2. The zero-order valence-corrected chi connectivity index (χ0v) is 15.6. The molecule has 1 aliphatic carbocycles. The first-order valence-corrected chi connectivity index (χ1v) is 9.50. The molecule has 0 aliphatic heterocycles. The van der Waals surface area contributed by atoms with Gasteiger partial charge in [-0.15, -0.1) is 0 Å². The third-order valence-electron chi connectivity index (χ3n) is 5.23. The Bertz CT molecular complexity index is 1160. The van der Waals surface area contributed by atoms with Crippen molar-refractivity contribution in [2.24, 2.45) is 0 Å². The van der Waals surface area contributed by atoms with Crippen LogP contribution in [-0.2, 0) is 0 Å². The molecule has 1 aliphatic rings. The lowest BCUT2D eigenvalue weighted by atomic mass is 10.2. The molecular weight excluding hydrogens is 370 g/mol. The molecule has 9 nitrogen and oxygen atoms in total. The molecule has 1 fully saturated rings. The van der Waals surface area contributed by atoms with Gasteiger partial charge in [-0.1, -0.05) is 12.8 Å². The quantitative estimate of drug-likeness (QED) is 0.548. The van der Waals surface area contributed by atoms with Crippen LogP contribution in [0.2, 0.25) is 0 Å². The zero-order valence-electron chi connectivity index (χ0n) is 15.6. The van der Waals surface area contributed by atoms with Gasteiger partial charge in [-0.25, -0.2) is 19.6 Å². The van der Waals surface area contributed by atoms with Crippen molar-refractivity contribution < 1.29 is 9.21 Å². The normalized spacial score (nSPS) is 14.5. The minimum atomic E-state index is -0.350. The Morgan fingerprint density at radius 3 is 2.66 bits per heavy atom. The summed E-state index contributed by atoms with van der Waals surface area (Å²) in [4.78, 5) is 25.5. The molecule has 0 atom stereocenters. The highest BCUT2D eigenvalue weighted by Crippen LogP contribution is 2.33. The predicted molar refractivity (Wildman–Crippen MR) is 107 cm³/mol. The number of anilines is 2. The van der Waals surface area contributed by atoms with Gasteiger partial charge in [0.1, 0.15) is 18.4 Å². The summed E-state index contributed by atoms with van der Waals surface area (Å²) in [5.74, 6) is 0.426. The van der Waals surface area contributed by atoms with Gasteiger partial charge in [-0.2, -0.15) is 5.10 Å². The van der Waals surface area contributed by atoms with Crippen molar-refractivity contribution in [2.75, 3.05) is 11.1 Å². The van der Waals surface area contributed by atoms with Gasteiger partial charge < -0.3 is 15.5 Å². The van der Waals surface area contributed by atoms with E-state index >= 15 is 0 Å². The summed E-state index contributed by atoms with van der Waals surface area (Å²) in [6.45, 7) is 0. The maximum atomic E-state index is 13.0. The third-order valence-corrected chi connectivity index (χ3v) is 5.23. The van der Waals surface area contributed by atoms with Gasteiger partial charge in [0.25, 0.3) is 5.91 Å². The number of amides is 1. The van der Waals surface area contributed by atoms with Crippen molar-refractivity contribution in [1.82, 2.24) is 24.7 Å². The average Bonchev–Trinajstić information content (AvgIpc) is 3.49. The van der Waals surface area contributed by atoms with Crippen LogP contribution in [0.3, 0.4) is 0 Å². The van der Waals surface area contributed by atoms with Crippen LogP contribution in [0, 0.1) is 0 Å². The Morgan fingerprint density at radius 1 is 1.14 bits per heavy atom. The van der Waals surface area contributed by atoms with E-state index in [4.69, 9.17) is 10.2 Å². The van der Waals surface area contributed by atoms with E-state index in [1.807, 2.05) is 16.8 Å². The number of carbonyl (C=O) groups is 1. The van der Waals surface area contributed by atoms with Crippen LogP contribution < -0.4 is 11.1 Å². The second-order valence-electron chi connectivity index (χ2n) is 7.06. The molecule has 9 heteroatoms. The fraction of sp³-hybridized carbons (Fsp3) is 0.250. The first kappa shape index (κ1) is 17.4. The predicted octanol–water partition coefficient (Wildman–Crippen LogP) is 3.43. The highest BCUT2D eigenvalue weighted by atomic mass is 16.3. The molecule has 3 aromatic heterocycles. The second-order valence-corrected chi connectivity index (χ2v) is 7.06. The Morgan fingerprint density at radius 2 is 1.93 bits per heavy atom. The van der Waals surface area contributed by atoms with Crippen LogP contribution in [-0.4, -0.2) is 30.6 Å². The minimum absolute atomic E-state index is 0.230. The van der Waals surface area contributed by atoms with Crippen LogP contribution in [0.15, 0.2) is 47.5 Å². The highest BCUT2D eigenvalue weighted by Gasteiger charge is 2.26. The fourth-order valence-electron chi connectivity index (χ4n) is 3.81. The zero-order chi connectivity index (χ0) is 19.8. The number of hydrogen-bond acceptors (Lipinski definition) is 7. The van der Waals surface area contributed by atoms with Crippen molar-refractivity contribution in [3.8, 4) is 11.5 Å². The number of nitrogens with zero attached hydrogens (tertiary/aromatic N) is 5. The van der Waals surface area contributed by atoms with Gasteiger partial charge in [-0.3, -0.25) is 4.79 Å². The standard InChI is InChI=1S/C20H19N7O2/c21-17-15-16(26-27(14-3-1-2-4-14)18(15)24-11-23-17)19(28)25-13-7-5-12(6-8-13)20-22-9-10-29-20/h5-11,14H,1-4H2,(H,25,28)(H2,21,23,24). The first-order valence-electron chi connectivity index (χ1n) is 9.50. The van der Waals surface area contributed by atoms with Crippen LogP contribution >= 0.6 is 0 Å². The molecule has 1 aromatic carbocycles. The van der Waals surface area contributed by atoms with E-state index in [0.29, 0.717) is 22.6 Å². The molecule has 0 saturated heterocycles. The Labute approximate surface area is 166 Å². The van der Waals surface area contributed by atoms with Gasteiger partial charge in [0.15, 0.2) is 11.3 Å². The Hall–Kier alpha value is -3.75. The number of oxazole rings is 1. The molecule has 29 heavy (non-hydrogen) atoms. The van der Waals surface area contributed by atoms with E-state index in [2.05, 4.69) is 25.4 Å². The molecule has 0 spiro atoms. The highest BCUT2D eigenvalue weighted by molar-refractivity contribution is 6.13. The third kappa shape index (κ3) is 3.10. The topological polar surface area (TPSA) is 125 Å². The summed E-state index contributed by atoms with van der Waals surface area (Å²) < 4.78 is 7.12. The molecule has 3 heterocycles. The van der Waals surface area contributed by atoms with Crippen molar-refractivity contribution in [2.45, 2.75) is 31.7 Å². The Kier molecular flexibility index (Phi) is 4.19. The summed E-state index contributed by atoms with van der Waals surface area (Å²) in [6, 6.07) is 7.46. The number of fused-ring (bicyclic) bond motifs is 1. The van der Waals surface area contributed by atoms with Gasteiger partial charge in [0.05, 0.1) is 17.6 Å². The number of nitrogens with two attached hydrogens (primary N) is 1. The maximum Gasteiger partial charge on any atom is 0.277 e. The van der Waals surface area contributed by atoms with Crippen LogP contribution in [0.5, 0.6) is 0 Å². The van der Waals surface area contributed by atoms with E-state index in [1.54, 1.807) is 18.3 Å².